The van der Waals surface area contributed by atoms with Crippen LogP contribution in [0.1, 0.15) is 59.1 Å². The van der Waals surface area contributed by atoms with Crippen molar-refractivity contribution in [3.63, 3.8) is 0 Å². The predicted molar refractivity (Wildman–Crippen MR) is 123 cm³/mol. The summed E-state index contributed by atoms with van der Waals surface area (Å²) in [6, 6.07) is 10.4. The summed E-state index contributed by atoms with van der Waals surface area (Å²) in [5, 5.41) is 7.10. The predicted octanol–water partition coefficient (Wildman–Crippen LogP) is 5.48. The Morgan fingerprint density at radius 3 is 2.71 bits per heavy atom. The quantitative estimate of drug-likeness (QED) is 0.502. The number of thiophene rings is 1. The monoisotopic (exact) mass is 437 g/mol. The van der Waals surface area contributed by atoms with Gasteiger partial charge in [0.05, 0.1) is 18.2 Å². The van der Waals surface area contributed by atoms with Gasteiger partial charge in [-0.2, -0.15) is 0 Å². The number of aromatic nitrogens is 1. The minimum atomic E-state index is -0.402. The second-order valence-electron chi connectivity index (χ2n) is 7.64. The number of aryl methyl sites for hydroxylation is 1. The molecule has 0 radical (unpaired) electrons. The van der Waals surface area contributed by atoms with Gasteiger partial charge >= 0.3 is 12.0 Å². The van der Waals surface area contributed by atoms with E-state index >= 15 is 0 Å². The number of rotatable bonds is 6. The van der Waals surface area contributed by atoms with E-state index in [1.807, 2.05) is 30.4 Å². The van der Waals surface area contributed by atoms with Crippen LogP contribution in [-0.2, 0) is 17.6 Å². The molecule has 2 amide bonds. The minimum Gasteiger partial charge on any atom is -0.462 e. The highest BCUT2D eigenvalue weighted by atomic mass is 32.1. The summed E-state index contributed by atoms with van der Waals surface area (Å²) in [5.74, 6) is -0.402. The van der Waals surface area contributed by atoms with Gasteiger partial charge in [0.25, 0.3) is 0 Å². The van der Waals surface area contributed by atoms with Crippen LogP contribution >= 0.6 is 11.3 Å². The molecule has 2 N–H and O–H groups in total. The van der Waals surface area contributed by atoms with E-state index in [1.54, 1.807) is 31.2 Å². The highest BCUT2D eigenvalue weighted by Gasteiger charge is 2.26. The van der Waals surface area contributed by atoms with Crippen molar-refractivity contribution in [2.45, 2.75) is 45.6 Å². The number of carbonyl (C=O) groups excluding carboxylic acids is 2. The SMILES string of the molecule is CCOC(=O)c1cccc(NC(=O)N[C@@H](C)c2c(-n3cccc3)sc3c2CCCC3)c1. The van der Waals surface area contributed by atoms with Crippen molar-refractivity contribution in [3.8, 4) is 5.00 Å². The molecule has 0 unspecified atom stereocenters. The Kier molecular flexibility index (Phi) is 6.42. The molecule has 7 heteroatoms. The van der Waals surface area contributed by atoms with Gasteiger partial charge in [-0.3, -0.25) is 0 Å². The standard InChI is InChI=1S/C24H27N3O3S/c1-3-30-23(28)17-9-8-10-18(15-17)26-24(29)25-16(2)21-19-11-4-5-12-20(19)31-22(21)27-13-6-7-14-27/h6-10,13-16H,3-5,11-12H2,1-2H3,(H2,25,26,29)/t16-/m0/s1. The Balaban J connectivity index is 1.52. The Hall–Kier alpha value is -3.06. The Labute approximate surface area is 186 Å². The third-order valence-corrected chi connectivity index (χ3v) is 6.76. The van der Waals surface area contributed by atoms with E-state index in [2.05, 4.69) is 27.6 Å². The third-order valence-electron chi connectivity index (χ3n) is 5.44. The first-order chi connectivity index (χ1) is 15.1. The lowest BCUT2D eigenvalue weighted by molar-refractivity contribution is 0.0526. The third kappa shape index (κ3) is 4.66. The van der Waals surface area contributed by atoms with Gasteiger partial charge in [0.1, 0.15) is 5.00 Å². The maximum atomic E-state index is 12.7. The lowest BCUT2D eigenvalue weighted by Gasteiger charge is -2.20. The first-order valence-electron chi connectivity index (χ1n) is 10.7. The van der Waals surface area contributed by atoms with Crippen LogP contribution in [-0.4, -0.2) is 23.2 Å². The van der Waals surface area contributed by atoms with Gasteiger partial charge in [-0.25, -0.2) is 9.59 Å². The van der Waals surface area contributed by atoms with E-state index in [0.717, 1.165) is 12.8 Å². The van der Waals surface area contributed by atoms with Crippen LogP contribution in [0.2, 0.25) is 0 Å². The molecular weight excluding hydrogens is 410 g/mol. The fourth-order valence-electron chi connectivity index (χ4n) is 4.06. The van der Waals surface area contributed by atoms with Crippen molar-refractivity contribution >= 4 is 29.0 Å². The molecule has 0 fully saturated rings. The van der Waals surface area contributed by atoms with E-state index in [-0.39, 0.29) is 12.1 Å². The number of carbonyl (C=O) groups is 2. The first kappa shape index (κ1) is 21.2. The van der Waals surface area contributed by atoms with Crippen molar-refractivity contribution in [1.29, 1.82) is 0 Å². The number of fused-ring (bicyclic) bond motifs is 1. The Morgan fingerprint density at radius 1 is 1.16 bits per heavy atom. The van der Waals surface area contributed by atoms with Gasteiger partial charge in [-0.05, 0) is 75.4 Å². The first-order valence-corrected chi connectivity index (χ1v) is 11.5. The molecule has 1 aromatic carbocycles. The van der Waals surface area contributed by atoms with Crippen molar-refractivity contribution in [3.05, 3.63) is 70.4 Å². The normalized spacial score (nSPS) is 13.9. The van der Waals surface area contributed by atoms with E-state index in [0.29, 0.717) is 17.9 Å². The van der Waals surface area contributed by atoms with Crippen LogP contribution in [0.15, 0.2) is 48.8 Å². The molecule has 1 aliphatic carbocycles. The molecule has 4 rings (SSSR count). The average Bonchev–Trinajstić information content (AvgIpc) is 3.41. The Morgan fingerprint density at radius 2 is 1.94 bits per heavy atom. The van der Waals surface area contributed by atoms with E-state index in [1.165, 1.54) is 33.8 Å². The number of ether oxygens (including phenoxy) is 1. The molecular formula is C24H27N3O3S. The number of hydrogen-bond donors (Lipinski definition) is 2. The van der Waals surface area contributed by atoms with E-state index in [4.69, 9.17) is 4.74 Å². The number of nitrogens with one attached hydrogen (secondary N) is 2. The highest BCUT2D eigenvalue weighted by Crippen LogP contribution is 2.40. The number of anilines is 1. The molecule has 31 heavy (non-hydrogen) atoms. The summed E-state index contributed by atoms with van der Waals surface area (Å²) < 4.78 is 7.17. The smallest absolute Gasteiger partial charge is 0.338 e. The number of amides is 2. The summed E-state index contributed by atoms with van der Waals surface area (Å²) in [5.41, 5.74) is 3.55. The zero-order chi connectivity index (χ0) is 21.8. The molecule has 0 bridgehead atoms. The van der Waals surface area contributed by atoms with E-state index in [9.17, 15) is 9.59 Å². The molecule has 1 aliphatic rings. The minimum absolute atomic E-state index is 0.149. The number of nitrogens with zero attached hydrogens (tertiary/aromatic N) is 1. The fraction of sp³-hybridized carbons (Fsp3) is 0.333. The lowest BCUT2D eigenvalue weighted by atomic mass is 9.93. The van der Waals surface area contributed by atoms with Crippen LogP contribution in [0.3, 0.4) is 0 Å². The van der Waals surface area contributed by atoms with Crippen LogP contribution in [0.5, 0.6) is 0 Å². The second kappa shape index (κ2) is 9.39. The van der Waals surface area contributed by atoms with Crippen LogP contribution < -0.4 is 10.6 Å². The second-order valence-corrected chi connectivity index (χ2v) is 8.73. The van der Waals surface area contributed by atoms with Gasteiger partial charge in [-0.15, -0.1) is 11.3 Å². The Bertz CT molecular complexity index is 1070. The van der Waals surface area contributed by atoms with E-state index < -0.39 is 5.97 Å². The molecule has 0 saturated heterocycles. The lowest BCUT2D eigenvalue weighted by Crippen LogP contribution is -2.32. The maximum absolute atomic E-state index is 12.7. The molecule has 2 heterocycles. The molecule has 0 aliphatic heterocycles. The molecule has 1 atom stereocenters. The van der Waals surface area contributed by atoms with Gasteiger partial charge in [0.2, 0.25) is 0 Å². The topological polar surface area (TPSA) is 72.4 Å². The summed E-state index contributed by atoms with van der Waals surface area (Å²) in [4.78, 5) is 26.1. The maximum Gasteiger partial charge on any atom is 0.338 e. The van der Waals surface area contributed by atoms with Crippen molar-refractivity contribution in [2.75, 3.05) is 11.9 Å². The number of hydrogen-bond acceptors (Lipinski definition) is 4. The van der Waals surface area contributed by atoms with Crippen molar-refractivity contribution in [1.82, 2.24) is 9.88 Å². The van der Waals surface area contributed by atoms with Crippen LogP contribution in [0.25, 0.3) is 5.00 Å². The molecule has 0 saturated carbocycles. The largest absolute Gasteiger partial charge is 0.462 e. The van der Waals surface area contributed by atoms with Gasteiger partial charge in [0, 0.05) is 28.5 Å². The summed E-state index contributed by atoms with van der Waals surface area (Å²) in [6.07, 6.45) is 8.66. The molecule has 3 aromatic rings. The molecule has 6 nitrogen and oxygen atoms in total. The summed E-state index contributed by atoms with van der Waals surface area (Å²) >= 11 is 1.83. The van der Waals surface area contributed by atoms with Gasteiger partial charge in [-0.1, -0.05) is 6.07 Å². The zero-order valence-electron chi connectivity index (χ0n) is 17.8. The number of esters is 1. The van der Waals surface area contributed by atoms with Crippen LogP contribution in [0, 0.1) is 0 Å². The van der Waals surface area contributed by atoms with Gasteiger partial charge in [0.15, 0.2) is 0 Å². The highest BCUT2D eigenvalue weighted by molar-refractivity contribution is 7.15. The van der Waals surface area contributed by atoms with Crippen LogP contribution in [0.4, 0.5) is 10.5 Å². The fourth-order valence-corrected chi connectivity index (χ4v) is 5.51. The molecule has 0 spiro atoms. The number of urea groups is 1. The summed E-state index contributed by atoms with van der Waals surface area (Å²) in [6.45, 7) is 4.10. The number of benzene rings is 1. The van der Waals surface area contributed by atoms with Crippen molar-refractivity contribution in [2.24, 2.45) is 0 Å². The average molecular weight is 438 g/mol. The van der Waals surface area contributed by atoms with Crippen molar-refractivity contribution < 1.29 is 14.3 Å². The molecule has 162 valence electrons. The van der Waals surface area contributed by atoms with Gasteiger partial charge < -0.3 is 19.9 Å². The summed E-state index contributed by atoms with van der Waals surface area (Å²) in [7, 11) is 0. The molecule has 2 aromatic heterocycles. The zero-order valence-corrected chi connectivity index (χ0v) is 18.6.